The minimum atomic E-state index is -0.117. The maximum Gasteiger partial charge on any atom is 0.270 e. The van der Waals surface area contributed by atoms with Gasteiger partial charge in [-0.1, -0.05) is 0 Å². The quantitative estimate of drug-likeness (QED) is 0.744. The summed E-state index contributed by atoms with van der Waals surface area (Å²) < 4.78 is 0. The second-order valence-corrected chi connectivity index (χ2v) is 6.32. The summed E-state index contributed by atoms with van der Waals surface area (Å²) in [6.45, 7) is 0. The monoisotopic (exact) mass is 231 g/mol. The zero-order valence-electron chi connectivity index (χ0n) is 9.88. The number of carbonyl (C=O) groups is 1. The van der Waals surface area contributed by atoms with Crippen LogP contribution >= 0.6 is 0 Å². The summed E-state index contributed by atoms with van der Waals surface area (Å²) in [4.78, 5) is 13.9. The second-order valence-electron chi connectivity index (χ2n) is 6.32. The molecule has 0 atom stereocenters. The Hall–Kier alpha value is -1.19. The summed E-state index contributed by atoms with van der Waals surface area (Å²) in [6, 6.07) is 0. The van der Waals surface area contributed by atoms with Crippen LogP contribution in [0.1, 0.15) is 43.3 Å². The summed E-state index contributed by atoms with van der Waals surface area (Å²) in [5, 5.41) is 8.06. The fraction of sp³-hybridized carbons (Fsp3) is 0.769. The molecule has 5 rings (SSSR count). The van der Waals surface area contributed by atoms with Gasteiger partial charge in [-0.05, 0) is 56.3 Å². The van der Waals surface area contributed by atoms with Gasteiger partial charge in [0.25, 0.3) is 5.91 Å². The molecular weight excluding hydrogens is 214 g/mol. The Balaban J connectivity index is 1.71. The van der Waals surface area contributed by atoms with E-state index in [1.807, 2.05) is 0 Å². The van der Waals surface area contributed by atoms with Crippen molar-refractivity contribution in [3.8, 4) is 0 Å². The number of rotatable bonds is 1. The molecule has 0 radical (unpaired) electrons. The predicted octanol–water partition coefficient (Wildman–Crippen LogP) is 2.13. The van der Waals surface area contributed by atoms with Gasteiger partial charge in [-0.15, -0.1) is 4.80 Å². The third kappa shape index (κ3) is 1.33. The van der Waals surface area contributed by atoms with Crippen molar-refractivity contribution in [3.05, 3.63) is 12.4 Å². The van der Waals surface area contributed by atoms with Crippen LogP contribution < -0.4 is 0 Å². The molecule has 0 spiro atoms. The van der Waals surface area contributed by atoms with Crippen LogP contribution in [-0.2, 0) is 0 Å². The van der Waals surface area contributed by atoms with Crippen LogP contribution in [0.5, 0.6) is 0 Å². The van der Waals surface area contributed by atoms with Crippen molar-refractivity contribution in [1.29, 1.82) is 0 Å². The first-order chi connectivity index (χ1) is 8.25. The SMILES string of the molecule is O=C(n1nccn1)C12CC3CC(CC(C3)C1)C2. The van der Waals surface area contributed by atoms with Gasteiger partial charge in [-0.25, -0.2) is 0 Å². The third-order valence-corrected chi connectivity index (χ3v) is 5.09. The highest BCUT2D eigenvalue weighted by atomic mass is 16.2. The van der Waals surface area contributed by atoms with Gasteiger partial charge < -0.3 is 0 Å². The molecule has 0 amide bonds. The van der Waals surface area contributed by atoms with Crippen molar-refractivity contribution < 1.29 is 4.79 Å². The van der Waals surface area contributed by atoms with E-state index in [0.717, 1.165) is 37.0 Å². The lowest BCUT2D eigenvalue weighted by Gasteiger charge is -2.55. The van der Waals surface area contributed by atoms with Gasteiger partial charge in [0.2, 0.25) is 0 Å². The van der Waals surface area contributed by atoms with Gasteiger partial charge >= 0.3 is 0 Å². The molecule has 0 N–H and O–H groups in total. The normalized spacial score (nSPS) is 42.9. The van der Waals surface area contributed by atoms with E-state index in [1.54, 1.807) is 12.4 Å². The molecule has 17 heavy (non-hydrogen) atoms. The Morgan fingerprint density at radius 1 is 1.00 bits per heavy atom. The number of carbonyl (C=O) groups excluding carboxylic acids is 1. The fourth-order valence-electron chi connectivity index (χ4n) is 4.91. The van der Waals surface area contributed by atoms with Crippen LogP contribution in [0.4, 0.5) is 0 Å². The lowest BCUT2D eigenvalue weighted by atomic mass is 9.49. The highest BCUT2D eigenvalue weighted by Gasteiger charge is 2.55. The Morgan fingerprint density at radius 3 is 1.94 bits per heavy atom. The lowest BCUT2D eigenvalue weighted by Crippen LogP contribution is -2.51. The van der Waals surface area contributed by atoms with Crippen LogP contribution in [0.15, 0.2) is 12.4 Å². The Kier molecular flexibility index (Phi) is 1.83. The summed E-state index contributed by atoms with van der Waals surface area (Å²) in [7, 11) is 0. The molecule has 1 aromatic heterocycles. The standard InChI is InChI=1S/C13H17N3O/c17-12(16-14-1-2-15-16)13-6-9-3-10(7-13)5-11(4-9)8-13/h1-2,9-11H,3-8H2. The smallest absolute Gasteiger partial charge is 0.270 e. The van der Waals surface area contributed by atoms with Crippen LogP contribution in [0.3, 0.4) is 0 Å². The molecule has 0 saturated heterocycles. The largest absolute Gasteiger partial charge is 0.270 e. The molecule has 1 heterocycles. The highest BCUT2D eigenvalue weighted by molar-refractivity contribution is 5.83. The molecule has 4 fully saturated rings. The second kappa shape index (κ2) is 3.18. The molecule has 1 aromatic rings. The zero-order valence-corrected chi connectivity index (χ0v) is 9.88. The van der Waals surface area contributed by atoms with Crippen LogP contribution in [0.2, 0.25) is 0 Å². The minimum Gasteiger partial charge on any atom is -0.270 e. The van der Waals surface area contributed by atoms with Gasteiger partial charge in [-0.2, -0.15) is 10.2 Å². The van der Waals surface area contributed by atoms with Crippen molar-refractivity contribution in [2.45, 2.75) is 38.5 Å². The summed E-state index contributed by atoms with van der Waals surface area (Å²) in [6.07, 6.45) is 10.5. The van der Waals surface area contributed by atoms with E-state index in [1.165, 1.54) is 24.1 Å². The maximum absolute atomic E-state index is 12.6. The van der Waals surface area contributed by atoms with Crippen LogP contribution in [0, 0.1) is 23.2 Å². The van der Waals surface area contributed by atoms with Crippen molar-refractivity contribution in [2.75, 3.05) is 0 Å². The fourth-order valence-corrected chi connectivity index (χ4v) is 4.91. The minimum absolute atomic E-state index is 0.117. The molecule has 4 heteroatoms. The molecule has 0 aromatic carbocycles. The van der Waals surface area contributed by atoms with E-state index in [4.69, 9.17) is 0 Å². The molecular formula is C13H17N3O. The van der Waals surface area contributed by atoms with Crippen molar-refractivity contribution in [3.63, 3.8) is 0 Å². The maximum atomic E-state index is 12.6. The average Bonchev–Trinajstić information content (AvgIpc) is 2.79. The first-order valence-electron chi connectivity index (χ1n) is 6.66. The molecule has 4 bridgehead atoms. The zero-order chi connectivity index (χ0) is 11.5. The Labute approximate surface area is 100 Å². The van der Waals surface area contributed by atoms with E-state index in [-0.39, 0.29) is 11.3 Å². The number of hydrogen-bond donors (Lipinski definition) is 0. The van der Waals surface area contributed by atoms with E-state index in [0.29, 0.717) is 0 Å². The van der Waals surface area contributed by atoms with Gasteiger partial charge in [-0.3, -0.25) is 4.79 Å². The molecule has 90 valence electrons. The number of aromatic nitrogens is 3. The van der Waals surface area contributed by atoms with Gasteiger partial charge in [0, 0.05) is 0 Å². The molecule has 0 unspecified atom stereocenters. The summed E-state index contributed by atoms with van der Waals surface area (Å²) >= 11 is 0. The molecule has 4 saturated carbocycles. The Bertz CT molecular complexity index is 416. The third-order valence-electron chi connectivity index (χ3n) is 5.09. The van der Waals surface area contributed by atoms with Crippen molar-refractivity contribution >= 4 is 5.91 Å². The van der Waals surface area contributed by atoms with Crippen LogP contribution in [-0.4, -0.2) is 20.9 Å². The van der Waals surface area contributed by atoms with Crippen molar-refractivity contribution in [1.82, 2.24) is 15.0 Å². The van der Waals surface area contributed by atoms with E-state index < -0.39 is 0 Å². The molecule has 4 aliphatic rings. The summed E-state index contributed by atoms with van der Waals surface area (Å²) in [5.41, 5.74) is -0.117. The first-order valence-corrected chi connectivity index (χ1v) is 6.66. The van der Waals surface area contributed by atoms with E-state index in [9.17, 15) is 4.79 Å². The van der Waals surface area contributed by atoms with Crippen LogP contribution in [0.25, 0.3) is 0 Å². The predicted molar refractivity (Wildman–Crippen MR) is 61.3 cm³/mol. The average molecular weight is 231 g/mol. The molecule has 0 aliphatic heterocycles. The summed E-state index contributed by atoms with van der Waals surface area (Å²) in [5.74, 6) is 2.53. The number of nitrogens with zero attached hydrogens (tertiary/aromatic N) is 3. The first kappa shape index (κ1) is 9.80. The van der Waals surface area contributed by atoms with E-state index >= 15 is 0 Å². The van der Waals surface area contributed by atoms with Crippen molar-refractivity contribution in [2.24, 2.45) is 23.2 Å². The van der Waals surface area contributed by atoms with Gasteiger partial charge in [0.15, 0.2) is 0 Å². The highest BCUT2D eigenvalue weighted by Crippen LogP contribution is 2.60. The number of hydrogen-bond acceptors (Lipinski definition) is 3. The molecule has 4 aliphatic carbocycles. The van der Waals surface area contributed by atoms with E-state index in [2.05, 4.69) is 10.2 Å². The van der Waals surface area contributed by atoms with Gasteiger partial charge in [0.1, 0.15) is 0 Å². The van der Waals surface area contributed by atoms with Gasteiger partial charge in [0.05, 0.1) is 17.8 Å². The topological polar surface area (TPSA) is 47.8 Å². The Morgan fingerprint density at radius 2 is 1.47 bits per heavy atom. The lowest BCUT2D eigenvalue weighted by molar-refractivity contribution is -0.0418. The molecule has 4 nitrogen and oxygen atoms in total.